The maximum atomic E-state index is 8.50. The van der Waals surface area contributed by atoms with E-state index in [2.05, 4.69) is 9.97 Å². The molecule has 3 heterocycles. The van der Waals surface area contributed by atoms with Crippen molar-refractivity contribution in [1.29, 1.82) is 0 Å². The third-order valence-electron chi connectivity index (χ3n) is 3.95. The summed E-state index contributed by atoms with van der Waals surface area (Å²) < 4.78 is 83.9. The van der Waals surface area contributed by atoms with Crippen LogP contribution in [0.15, 0.2) is 47.0 Å². The molecule has 24 heavy (non-hydrogen) atoms. The van der Waals surface area contributed by atoms with Gasteiger partial charge >= 0.3 is 0 Å². The largest absolute Gasteiger partial charge is 0.437 e. The number of hydrogen-bond donors (Lipinski definition) is 0. The average molecular weight is 326 g/mol. The molecule has 120 valence electrons. The van der Waals surface area contributed by atoms with Crippen LogP contribution >= 0.6 is 0 Å². The molecule has 0 saturated heterocycles. The van der Waals surface area contributed by atoms with Gasteiger partial charge in [-0.2, -0.15) is 0 Å². The first-order valence-corrected chi connectivity index (χ1v) is 7.36. The predicted molar refractivity (Wildman–Crippen MR) is 98.3 cm³/mol. The van der Waals surface area contributed by atoms with Crippen LogP contribution in [0.3, 0.4) is 0 Å². The van der Waals surface area contributed by atoms with Gasteiger partial charge in [0.15, 0.2) is 0 Å². The van der Waals surface area contributed by atoms with Crippen LogP contribution in [0.4, 0.5) is 0 Å². The van der Waals surface area contributed by atoms with Gasteiger partial charge in [-0.05, 0) is 55.0 Å². The van der Waals surface area contributed by atoms with E-state index in [0.29, 0.717) is 21.9 Å². The Bertz CT molecular complexity index is 1400. The maximum Gasteiger partial charge on any atom is 0.227 e. The summed E-state index contributed by atoms with van der Waals surface area (Å²) in [5, 5.41) is 1.21. The summed E-state index contributed by atoms with van der Waals surface area (Å²) >= 11 is 0. The van der Waals surface area contributed by atoms with Crippen molar-refractivity contribution in [2.45, 2.75) is 33.4 Å². The van der Waals surface area contributed by atoms with Crippen LogP contribution in [-0.4, -0.2) is 9.97 Å². The second-order valence-corrected chi connectivity index (χ2v) is 5.57. The zero-order chi connectivity index (χ0) is 25.3. The molecular weight excluding hydrogens is 296 g/mol. The monoisotopic (exact) mass is 326 g/mol. The van der Waals surface area contributed by atoms with E-state index in [0.717, 1.165) is 13.1 Å². The zero-order valence-electron chi connectivity index (χ0n) is 22.8. The van der Waals surface area contributed by atoms with Crippen LogP contribution in [0.1, 0.15) is 50.2 Å². The standard InChI is InChI=1S/C21H20N2O/c1-12(2)18-10-19(22-11-13(18)3)17-7-5-6-15-16-9-8-14(4)23-21(16)24-20(15)17/h5-12H,1-4H3/i1D3,3D3,4D3,12D. The molecule has 3 heteroatoms. The van der Waals surface area contributed by atoms with Gasteiger partial charge in [0.1, 0.15) is 5.58 Å². The number of rotatable bonds is 2. The van der Waals surface area contributed by atoms with Crippen molar-refractivity contribution in [3.05, 3.63) is 59.4 Å². The lowest BCUT2D eigenvalue weighted by Gasteiger charge is -2.11. The summed E-state index contributed by atoms with van der Waals surface area (Å²) in [6.45, 7) is -6.73. The third kappa shape index (κ3) is 2.28. The lowest BCUT2D eigenvalue weighted by Crippen LogP contribution is -1.95. The van der Waals surface area contributed by atoms with E-state index in [-0.39, 0.29) is 28.2 Å². The lowest BCUT2D eigenvalue weighted by molar-refractivity contribution is 0.653. The quantitative estimate of drug-likeness (QED) is 0.468. The molecule has 0 bridgehead atoms. The van der Waals surface area contributed by atoms with E-state index >= 15 is 0 Å². The summed E-state index contributed by atoms with van der Waals surface area (Å²) in [7, 11) is 0. The van der Waals surface area contributed by atoms with Crippen molar-refractivity contribution in [2.75, 3.05) is 0 Å². The summed E-state index contributed by atoms with van der Waals surface area (Å²) in [6, 6.07) is 9.44. The molecule has 4 rings (SSSR count). The van der Waals surface area contributed by atoms with Crippen molar-refractivity contribution in [3.63, 3.8) is 0 Å². The van der Waals surface area contributed by atoms with Crippen LogP contribution in [-0.2, 0) is 0 Å². The van der Waals surface area contributed by atoms with Gasteiger partial charge in [-0.3, -0.25) is 4.98 Å². The van der Waals surface area contributed by atoms with E-state index in [9.17, 15) is 0 Å². The van der Waals surface area contributed by atoms with Crippen molar-refractivity contribution in [1.82, 2.24) is 9.97 Å². The molecule has 1 atom stereocenters. The fourth-order valence-corrected chi connectivity index (χ4v) is 2.79. The van der Waals surface area contributed by atoms with Crippen LogP contribution < -0.4 is 0 Å². The topological polar surface area (TPSA) is 38.9 Å². The van der Waals surface area contributed by atoms with Gasteiger partial charge in [-0.25, -0.2) is 4.98 Å². The molecular formula is C21H20N2O. The van der Waals surface area contributed by atoms with Crippen molar-refractivity contribution >= 4 is 22.1 Å². The molecule has 3 aromatic heterocycles. The molecule has 0 aliphatic carbocycles. The Labute approximate surface area is 155 Å². The summed E-state index contributed by atoms with van der Waals surface area (Å²) in [6.07, 6.45) is 1.07. The number of para-hydroxylation sites is 1. The fourth-order valence-electron chi connectivity index (χ4n) is 2.79. The number of hydrogen-bond acceptors (Lipinski definition) is 3. The van der Waals surface area contributed by atoms with Crippen molar-refractivity contribution in [2.24, 2.45) is 0 Å². The highest BCUT2D eigenvalue weighted by molar-refractivity contribution is 6.08. The minimum Gasteiger partial charge on any atom is -0.437 e. The third-order valence-corrected chi connectivity index (χ3v) is 3.95. The van der Waals surface area contributed by atoms with Gasteiger partial charge in [0.05, 0.1) is 5.69 Å². The zero-order valence-corrected chi connectivity index (χ0v) is 12.8. The van der Waals surface area contributed by atoms with Crippen LogP contribution in [0, 0.1) is 13.7 Å². The molecule has 1 aromatic carbocycles. The Morgan fingerprint density at radius 3 is 2.96 bits per heavy atom. The molecule has 0 N–H and O–H groups in total. The Hall–Kier alpha value is -2.68. The molecule has 0 spiro atoms. The van der Waals surface area contributed by atoms with Crippen LogP contribution in [0.5, 0.6) is 0 Å². The molecule has 0 fully saturated rings. The first kappa shape index (κ1) is 7.47. The Kier molecular flexibility index (Phi) is 1.70. The molecule has 0 aliphatic rings. The molecule has 0 radical (unpaired) electrons. The van der Waals surface area contributed by atoms with E-state index in [1.807, 2.05) is 0 Å². The Morgan fingerprint density at radius 2 is 2.12 bits per heavy atom. The first-order valence-electron chi connectivity index (χ1n) is 12.4. The highest BCUT2D eigenvalue weighted by Crippen LogP contribution is 2.35. The molecule has 0 amide bonds. The Balaban J connectivity index is 1.98. The van der Waals surface area contributed by atoms with E-state index in [4.69, 9.17) is 18.1 Å². The molecule has 1 unspecified atom stereocenters. The highest BCUT2D eigenvalue weighted by atomic mass is 16.3. The molecule has 4 aromatic rings. The van der Waals surface area contributed by atoms with Gasteiger partial charge in [0.2, 0.25) is 5.71 Å². The van der Waals surface area contributed by atoms with Gasteiger partial charge in [0, 0.05) is 41.9 Å². The summed E-state index contributed by atoms with van der Waals surface area (Å²) in [5.74, 6) is -2.22. The van der Waals surface area contributed by atoms with E-state index in [1.165, 1.54) is 12.1 Å². The van der Waals surface area contributed by atoms with E-state index < -0.39 is 26.4 Å². The highest BCUT2D eigenvalue weighted by Gasteiger charge is 2.15. The smallest absolute Gasteiger partial charge is 0.227 e. The number of aryl methyl sites for hydroxylation is 2. The van der Waals surface area contributed by atoms with Crippen molar-refractivity contribution in [3.8, 4) is 11.3 Å². The van der Waals surface area contributed by atoms with Gasteiger partial charge in [-0.15, -0.1) is 0 Å². The van der Waals surface area contributed by atoms with Gasteiger partial charge < -0.3 is 4.42 Å². The SMILES string of the molecule is [2H]C([2H])([2H])c1ccc2c(n1)oc1c(-c3cc(C([2H])(C)C([2H])([2H])[2H])c(C([2H])([2H])[2H])cn3)cccc12. The number of benzene rings is 1. The van der Waals surface area contributed by atoms with Crippen molar-refractivity contribution < 1.29 is 18.1 Å². The first-order chi connectivity index (χ1) is 15.5. The average Bonchev–Trinajstić information content (AvgIpc) is 3.09. The van der Waals surface area contributed by atoms with Gasteiger partial charge in [-0.1, -0.05) is 25.9 Å². The summed E-state index contributed by atoms with van der Waals surface area (Å²) in [4.78, 5) is 8.38. The molecule has 0 aliphatic heterocycles. The fraction of sp³-hybridized carbons (Fsp3) is 0.238. The molecule has 0 saturated carbocycles. The second-order valence-electron chi connectivity index (χ2n) is 5.57. The normalized spacial score (nSPS) is 21.9. The predicted octanol–water partition coefficient (Wildman–Crippen LogP) is 5.78. The number of nitrogens with zero attached hydrogens (tertiary/aromatic N) is 2. The van der Waals surface area contributed by atoms with Crippen LogP contribution in [0.2, 0.25) is 0 Å². The number of fused-ring (bicyclic) bond motifs is 3. The van der Waals surface area contributed by atoms with Crippen LogP contribution in [0.25, 0.3) is 33.3 Å². The maximum absolute atomic E-state index is 8.50. The minimum absolute atomic E-state index is 0.114. The summed E-state index contributed by atoms with van der Waals surface area (Å²) in [5.41, 5.74) is 0.457. The second kappa shape index (κ2) is 5.45. The number of furan rings is 1. The lowest BCUT2D eigenvalue weighted by atomic mass is 9.97. The number of pyridine rings is 2. The number of aromatic nitrogens is 2. The molecule has 3 nitrogen and oxygen atoms in total. The van der Waals surface area contributed by atoms with E-state index in [1.54, 1.807) is 24.3 Å². The minimum atomic E-state index is -2.80. The van der Waals surface area contributed by atoms with Gasteiger partial charge in [0.25, 0.3) is 0 Å². The Morgan fingerprint density at radius 1 is 1.17 bits per heavy atom.